The highest BCUT2D eigenvalue weighted by molar-refractivity contribution is 5.75. The third-order valence-corrected chi connectivity index (χ3v) is 4.07. The highest BCUT2D eigenvalue weighted by Gasteiger charge is 2.33. The number of ether oxygens (including phenoxy) is 1. The molecule has 0 bridgehead atoms. The van der Waals surface area contributed by atoms with Gasteiger partial charge in [-0.3, -0.25) is 4.79 Å². The fourth-order valence-corrected chi connectivity index (χ4v) is 2.74. The van der Waals surface area contributed by atoms with E-state index in [0.717, 1.165) is 12.8 Å². The molecule has 4 nitrogen and oxygen atoms in total. The molecular weight excluding hydrogens is 230 g/mol. The summed E-state index contributed by atoms with van der Waals surface area (Å²) in [6.45, 7) is 4.90. The van der Waals surface area contributed by atoms with E-state index in [1.807, 2.05) is 13.8 Å². The molecule has 106 valence electrons. The maximum Gasteiger partial charge on any atom is 0.323 e. The first kappa shape index (κ1) is 15.4. The third kappa shape index (κ3) is 3.95. The van der Waals surface area contributed by atoms with Crippen molar-refractivity contribution < 1.29 is 14.6 Å². The molecule has 1 unspecified atom stereocenters. The van der Waals surface area contributed by atoms with Crippen molar-refractivity contribution in [3.05, 3.63) is 0 Å². The molecule has 0 amide bonds. The number of aliphatic hydroxyl groups is 1. The van der Waals surface area contributed by atoms with Gasteiger partial charge in [0.15, 0.2) is 0 Å². The molecule has 2 N–H and O–H groups in total. The van der Waals surface area contributed by atoms with Gasteiger partial charge in [0.05, 0.1) is 7.11 Å². The summed E-state index contributed by atoms with van der Waals surface area (Å²) in [4.78, 5) is 11.7. The van der Waals surface area contributed by atoms with E-state index >= 15 is 0 Å². The first-order valence-corrected chi connectivity index (χ1v) is 6.97. The molecule has 0 spiro atoms. The number of hydrogen-bond acceptors (Lipinski definition) is 4. The van der Waals surface area contributed by atoms with E-state index in [-0.39, 0.29) is 30.0 Å². The van der Waals surface area contributed by atoms with Crippen LogP contribution in [0.1, 0.15) is 46.0 Å². The molecule has 0 aromatic heterocycles. The van der Waals surface area contributed by atoms with Gasteiger partial charge in [0, 0.05) is 18.6 Å². The molecule has 0 aromatic rings. The van der Waals surface area contributed by atoms with Gasteiger partial charge in [-0.25, -0.2) is 0 Å². The Bertz CT molecular complexity index is 260. The predicted molar refractivity (Wildman–Crippen MR) is 71.2 cm³/mol. The quantitative estimate of drug-likeness (QED) is 0.711. The van der Waals surface area contributed by atoms with Crippen LogP contribution in [0.5, 0.6) is 0 Å². The number of nitrogens with one attached hydrogen (secondary N) is 1. The van der Waals surface area contributed by atoms with Gasteiger partial charge in [0.1, 0.15) is 6.04 Å². The molecule has 0 aliphatic heterocycles. The molecule has 1 fully saturated rings. The van der Waals surface area contributed by atoms with Crippen LogP contribution in [0.3, 0.4) is 0 Å². The van der Waals surface area contributed by atoms with E-state index in [9.17, 15) is 9.90 Å². The normalized spacial score (nSPS) is 20.7. The number of aliphatic hydroxyl groups excluding tert-OH is 1. The largest absolute Gasteiger partial charge is 0.468 e. The Morgan fingerprint density at radius 1 is 1.33 bits per heavy atom. The van der Waals surface area contributed by atoms with Crippen molar-refractivity contribution in [1.82, 2.24) is 5.32 Å². The fourth-order valence-electron chi connectivity index (χ4n) is 2.74. The van der Waals surface area contributed by atoms with Crippen LogP contribution >= 0.6 is 0 Å². The lowest BCUT2D eigenvalue weighted by Crippen LogP contribution is -2.48. The average molecular weight is 257 g/mol. The van der Waals surface area contributed by atoms with Crippen molar-refractivity contribution in [3.63, 3.8) is 0 Å². The van der Waals surface area contributed by atoms with Crippen molar-refractivity contribution in [3.8, 4) is 0 Å². The minimum absolute atomic E-state index is 0.0423. The number of methoxy groups -OCH3 is 1. The van der Waals surface area contributed by atoms with Crippen LogP contribution in [0.2, 0.25) is 0 Å². The van der Waals surface area contributed by atoms with Gasteiger partial charge in [0.25, 0.3) is 0 Å². The standard InChI is InChI=1S/C14H27NO3/c1-11(2)12(13(17)18-3)15-9-14(10-16)7-5-4-6-8-14/h11-12,15-16H,4-10H2,1-3H3. The van der Waals surface area contributed by atoms with Gasteiger partial charge < -0.3 is 15.2 Å². The number of rotatable bonds is 6. The molecule has 0 aromatic carbocycles. The zero-order valence-electron chi connectivity index (χ0n) is 11.9. The predicted octanol–water partition coefficient (Wildman–Crippen LogP) is 1.72. The second kappa shape index (κ2) is 7.10. The van der Waals surface area contributed by atoms with Gasteiger partial charge in [-0.1, -0.05) is 33.1 Å². The summed E-state index contributed by atoms with van der Waals surface area (Å²) in [5.74, 6) is -0.0225. The van der Waals surface area contributed by atoms with Crippen LogP contribution in [0.25, 0.3) is 0 Å². The SMILES string of the molecule is COC(=O)C(NCC1(CO)CCCCC1)C(C)C. The molecule has 0 heterocycles. The Balaban J connectivity index is 2.56. The van der Waals surface area contributed by atoms with Crippen molar-refractivity contribution >= 4 is 5.97 Å². The smallest absolute Gasteiger partial charge is 0.323 e. The van der Waals surface area contributed by atoms with E-state index in [2.05, 4.69) is 5.32 Å². The first-order chi connectivity index (χ1) is 8.54. The minimum atomic E-state index is -0.277. The van der Waals surface area contributed by atoms with Gasteiger partial charge in [0.2, 0.25) is 0 Å². The number of carbonyl (C=O) groups excluding carboxylic acids is 1. The summed E-state index contributed by atoms with van der Waals surface area (Å²) in [5.41, 5.74) is -0.0423. The second-order valence-electron chi connectivity index (χ2n) is 5.84. The molecule has 0 radical (unpaired) electrons. The highest BCUT2D eigenvalue weighted by atomic mass is 16.5. The monoisotopic (exact) mass is 257 g/mol. The Labute approximate surface area is 110 Å². The Morgan fingerprint density at radius 2 is 1.94 bits per heavy atom. The number of hydrogen-bond donors (Lipinski definition) is 2. The van der Waals surface area contributed by atoms with E-state index in [0.29, 0.717) is 6.54 Å². The minimum Gasteiger partial charge on any atom is -0.468 e. The third-order valence-electron chi connectivity index (χ3n) is 4.07. The zero-order valence-corrected chi connectivity index (χ0v) is 11.9. The molecule has 0 saturated heterocycles. The lowest BCUT2D eigenvalue weighted by Gasteiger charge is -2.37. The summed E-state index contributed by atoms with van der Waals surface area (Å²) in [7, 11) is 1.42. The summed E-state index contributed by atoms with van der Waals surface area (Å²) >= 11 is 0. The Kier molecular flexibility index (Phi) is 6.09. The van der Waals surface area contributed by atoms with Crippen molar-refractivity contribution in [2.75, 3.05) is 20.3 Å². The highest BCUT2D eigenvalue weighted by Crippen LogP contribution is 2.35. The molecule has 18 heavy (non-hydrogen) atoms. The van der Waals surface area contributed by atoms with Gasteiger partial charge >= 0.3 is 5.97 Å². The van der Waals surface area contributed by atoms with Crippen LogP contribution in [-0.2, 0) is 9.53 Å². The van der Waals surface area contributed by atoms with E-state index in [4.69, 9.17) is 4.74 Å². The molecule has 1 aliphatic carbocycles. The van der Waals surface area contributed by atoms with Gasteiger partial charge in [-0.15, -0.1) is 0 Å². The Morgan fingerprint density at radius 3 is 2.39 bits per heavy atom. The fraction of sp³-hybridized carbons (Fsp3) is 0.929. The maximum atomic E-state index is 11.7. The maximum absolute atomic E-state index is 11.7. The van der Waals surface area contributed by atoms with Crippen LogP contribution in [0, 0.1) is 11.3 Å². The van der Waals surface area contributed by atoms with Gasteiger partial charge in [-0.05, 0) is 18.8 Å². The lowest BCUT2D eigenvalue weighted by atomic mass is 9.74. The molecule has 1 aliphatic rings. The van der Waals surface area contributed by atoms with Crippen molar-refractivity contribution in [2.45, 2.75) is 52.0 Å². The van der Waals surface area contributed by atoms with Crippen molar-refractivity contribution in [2.24, 2.45) is 11.3 Å². The zero-order chi connectivity index (χ0) is 13.6. The molecule has 1 saturated carbocycles. The summed E-state index contributed by atoms with van der Waals surface area (Å²) < 4.78 is 4.82. The molecule has 4 heteroatoms. The summed E-state index contributed by atoms with van der Waals surface area (Å²) in [6.07, 6.45) is 5.69. The summed E-state index contributed by atoms with van der Waals surface area (Å²) in [6, 6.07) is -0.277. The average Bonchev–Trinajstić information content (AvgIpc) is 2.39. The number of esters is 1. The van der Waals surface area contributed by atoms with Crippen LogP contribution in [-0.4, -0.2) is 37.4 Å². The summed E-state index contributed by atoms with van der Waals surface area (Å²) in [5, 5.41) is 12.9. The van der Waals surface area contributed by atoms with Crippen molar-refractivity contribution in [1.29, 1.82) is 0 Å². The lowest BCUT2D eigenvalue weighted by molar-refractivity contribution is -0.144. The number of carbonyl (C=O) groups is 1. The molecule has 1 rings (SSSR count). The topological polar surface area (TPSA) is 58.6 Å². The van der Waals surface area contributed by atoms with E-state index in [1.165, 1.54) is 26.4 Å². The van der Waals surface area contributed by atoms with Crippen LogP contribution in [0.15, 0.2) is 0 Å². The molecule has 1 atom stereocenters. The second-order valence-corrected chi connectivity index (χ2v) is 5.84. The van der Waals surface area contributed by atoms with E-state index in [1.54, 1.807) is 0 Å². The Hall–Kier alpha value is -0.610. The van der Waals surface area contributed by atoms with Crippen LogP contribution < -0.4 is 5.32 Å². The molecular formula is C14H27NO3. The van der Waals surface area contributed by atoms with E-state index < -0.39 is 0 Å². The van der Waals surface area contributed by atoms with Crippen LogP contribution in [0.4, 0.5) is 0 Å². The van der Waals surface area contributed by atoms with Gasteiger partial charge in [-0.2, -0.15) is 0 Å². The first-order valence-electron chi connectivity index (χ1n) is 6.97.